The average molecular weight is 241 g/mol. The van der Waals surface area contributed by atoms with Gasteiger partial charge in [-0.2, -0.15) is 0 Å². The number of ether oxygens (including phenoxy) is 1. The summed E-state index contributed by atoms with van der Waals surface area (Å²) >= 11 is 0. The lowest BCUT2D eigenvalue weighted by atomic mass is 10.1. The van der Waals surface area contributed by atoms with Gasteiger partial charge in [0.2, 0.25) is 0 Å². The van der Waals surface area contributed by atoms with E-state index in [4.69, 9.17) is 10.5 Å². The van der Waals surface area contributed by atoms with Crippen LogP contribution in [0.25, 0.3) is 0 Å². The molecule has 2 N–H and O–H groups in total. The van der Waals surface area contributed by atoms with Gasteiger partial charge in [-0.15, -0.1) is 0 Å². The summed E-state index contributed by atoms with van der Waals surface area (Å²) in [5.41, 5.74) is 9.13. The van der Waals surface area contributed by atoms with Crippen molar-refractivity contribution in [3.63, 3.8) is 0 Å². The number of rotatable bonds is 5. The molecule has 0 aliphatic heterocycles. The Hall–Kier alpha value is -1.80. The van der Waals surface area contributed by atoms with Crippen molar-refractivity contribution in [3.8, 4) is 5.75 Å². The molecule has 2 aromatic rings. The number of benzene rings is 2. The van der Waals surface area contributed by atoms with Crippen molar-refractivity contribution in [2.24, 2.45) is 5.73 Å². The van der Waals surface area contributed by atoms with Crippen LogP contribution >= 0.6 is 0 Å². The standard InChI is InChI=1S/C16H19NO/c1-2-15-5-3-4-6-16(15)18-12-14-9-7-13(11-17)8-10-14/h3-10H,2,11-12,17H2,1H3. The summed E-state index contributed by atoms with van der Waals surface area (Å²) in [7, 11) is 0. The number of hydrogen-bond acceptors (Lipinski definition) is 2. The first kappa shape index (κ1) is 12.7. The van der Waals surface area contributed by atoms with Gasteiger partial charge in [-0.3, -0.25) is 0 Å². The molecule has 18 heavy (non-hydrogen) atoms. The largest absolute Gasteiger partial charge is 0.489 e. The fourth-order valence-electron chi connectivity index (χ4n) is 1.87. The van der Waals surface area contributed by atoms with Crippen LogP contribution in [0.5, 0.6) is 5.75 Å². The van der Waals surface area contributed by atoms with Crippen molar-refractivity contribution in [2.45, 2.75) is 26.5 Å². The number of hydrogen-bond donors (Lipinski definition) is 1. The zero-order chi connectivity index (χ0) is 12.8. The fourth-order valence-corrected chi connectivity index (χ4v) is 1.87. The maximum Gasteiger partial charge on any atom is 0.122 e. The van der Waals surface area contributed by atoms with Crippen molar-refractivity contribution in [3.05, 3.63) is 65.2 Å². The second-order valence-corrected chi connectivity index (χ2v) is 4.27. The minimum atomic E-state index is 0.583. The molecule has 0 spiro atoms. The van der Waals surface area contributed by atoms with Crippen LogP contribution in [0.15, 0.2) is 48.5 Å². The minimum Gasteiger partial charge on any atom is -0.489 e. The van der Waals surface area contributed by atoms with Crippen LogP contribution in [0.2, 0.25) is 0 Å². The lowest BCUT2D eigenvalue weighted by Crippen LogP contribution is -2.00. The fraction of sp³-hybridized carbons (Fsp3) is 0.250. The summed E-state index contributed by atoms with van der Waals surface area (Å²) in [6.45, 7) is 3.32. The summed E-state index contributed by atoms with van der Waals surface area (Å²) in [5, 5.41) is 0. The van der Waals surface area contributed by atoms with Crippen LogP contribution in [-0.2, 0) is 19.6 Å². The van der Waals surface area contributed by atoms with E-state index in [1.165, 1.54) is 5.56 Å². The first-order chi connectivity index (χ1) is 8.83. The molecule has 0 aliphatic carbocycles. The number of nitrogens with two attached hydrogens (primary N) is 1. The normalized spacial score (nSPS) is 10.3. The quantitative estimate of drug-likeness (QED) is 0.871. The van der Waals surface area contributed by atoms with Crippen LogP contribution in [0.3, 0.4) is 0 Å². The SMILES string of the molecule is CCc1ccccc1OCc1ccc(CN)cc1. The maximum absolute atomic E-state index is 5.86. The Kier molecular flexibility index (Phi) is 4.37. The Morgan fingerprint density at radius 1 is 0.944 bits per heavy atom. The molecular weight excluding hydrogens is 222 g/mol. The Bertz CT molecular complexity index is 491. The van der Waals surface area contributed by atoms with Crippen molar-refractivity contribution >= 4 is 0 Å². The van der Waals surface area contributed by atoms with Crippen molar-refractivity contribution in [1.29, 1.82) is 0 Å². The highest BCUT2D eigenvalue weighted by atomic mass is 16.5. The van der Waals surface area contributed by atoms with E-state index in [1.54, 1.807) is 0 Å². The van der Waals surface area contributed by atoms with Gasteiger partial charge < -0.3 is 10.5 Å². The van der Waals surface area contributed by atoms with Gasteiger partial charge in [0.15, 0.2) is 0 Å². The van der Waals surface area contributed by atoms with Gasteiger partial charge in [-0.05, 0) is 29.2 Å². The van der Waals surface area contributed by atoms with Crippen LogP contribution in [0.1, 0.15) is 23.6 Å². The zero-order valence-electron chi connectivity index (χ0n) is 10.7. The molecule has 94 valence electrons. The lowest BCUT2D eigenvalue weighted by molar-refractivity contribution is 0.303. The maximum atomic E-state index is 5.86. The Morgan fingerprint density at radius 3 is 2.28 bits per heavy atom. The second-order valence-electron chi connectivity index (χ2n) is 4.27. The van der Waals surface area contributed by atoms with Gasteiger partial charge in [-0.25, -0.2) is 0 Å². The molecular formula is C16H19NO. The second kappa shape index (κ2) is 6.22. The molecule has 0 radical (unpaired) electrons. The molecule has 0 saturated carbocycles. The molecule has 0 aromatic heterocycles. The van der Waals surface area contributed by atoms with Gasteiger partial charge in [0, 0.05) is 6.54 Å². The Morgan fingerprint density at radius 2 is 1.61 bits per heavy atom. The van der Waals surface area contributed by atoms with E-state index in [9.17, 15) is 0 Å². The third-order valence-electron chi connectivity index (χ3n) is 3.01. The van der Waals surface area contributed by atoms with E-state index < -0.39 is 0 Å². The van der Waals surface area contributed by atoms with E-state index in [0.29, 0.717) is 13.2 Å². The van der Waals surface area contributed by atoms with Crippen LogP contribution in [0.4, 0.5) is 0 Å². The zero-order valence-corrected chi connectivity index (χ0v) is 10.7. The van der Waals surface area contributed by atoms with E-state index in [-0.39, 0.29) is 0 Å². The van der Waals surface area contributed by atoms with Crippen molar-refractivity contribution in [1.82, 2.24) is 0 Å². The summed E-state index contributed by atoms with van der Waals surface area (Å²) in [5.74, 6) is 0.975. The first-order valence-corrected chi connectivity index (χ1v) is 6.32. The summed E-state index contributed by atoms with van der Waals surface area (Å²) in [4.78, 5) is 0. The molecule has 0 unspecified atom stereocenters. The predicted molar refractivity (Wildman–Crippen MR) is 74.5 cm³/mol. The van der Waals surface area contributed by atoms with E-state index in [2.05, 4.69) is 25.1 Å². The van der Waals surface area contributed by atoms with Crippen LogP contribution in [-0.4, -0.2) is 0 Å². The summed E-state index contributed by atoms with van der Waals surface area (Å²) in [6.07, 6.45) is 0.988. The van der Waals surface area contributed by atoms with Crippen LogP contribution < -0.4 is 10.5 Å². The van der Waals surface area contributed by atoms with Crippen molar-refractivity contribution < 1.29 is 4.74 Å². The Balaban J connectivity index is 2.02. The molecule has 0 heterocycles. The number of aryl methyl sites for hydroxylation is 1. The van der Waals surface area contributed by atoms with E-state index in [0.717, 1.165) is 23.3 Å². The molecule has 0 saturated heterocycles. The molecule has 2 rings (SSSR count). The molecule has 0 aliphatic rings. The molecule has 0 atom stereocenters. The summed E-state index contributed by atoms with van der Waals surface area (Å²) in [6, 6.07) is 16.4. The third kappa shape index (κ3) is 3.11. The van der Waals surface area contributed by atoms with E-state index >= 15 is 0 Å². The van der Waals surface area contributed by atoms with Gasteiger partial charge >= 0.3 is 0 Å². The monoisotopic (exact) mass is 241 g/mol. The molecule has 0 amide bonds. The third-order valence-corrected chi connectivity index (χ3v) is 3.01. The smallest absolute Gasteiger partial charge is 0.122 e. The summed E-state index contributed by atoms with van der Waals surface area (Å²) < 4.78 is 5.86. The first-order valence-electron chi connectivity index (χ1n) is 6.32. The molecule has 2 aromatic carbocycles. The van der Waals surface area contributed by atoms with Crippen LogP contribution in [0, 0.1) is 0 Å². The van der Waals surface area contributed by atoms with Gasteiger partial charge in [-0.1, -0.05) is 49.4 Å². The van der Waals surface area contributed by atoms with Crippen molar-refractivity contribution in [2.75, 3.05) is 0 Å². The highest BCUT2D eigenvalue weighted by Crippen LogP contribution is 2.19. The molecule has 2 nitrogen and oxygen atoms in total. The molecule has 2 heteroatoms. The van der Waals surface area contributed by atoms with Gasteiger partial charge in [0.05, 0.1) is 0 Å². The number of para-hydroxylation sites is 1. The highest BCUT2D eigenvalue weighted by Gasteiger charge is 2.01. The average Bonchev–Trinajstić information content (AvgIpc) is 2.46. The van der Waals surface area contributed by atoms with E-state index in [1.807, 2.05) is 30.3 Å². The lowest BCUT2D eigenvalue weighted by Gasteiger charge is -2.10. The minimum absolute atomic E-state index is 0.583. The van der Waals surface area contributed by atoms with Gasteiger partial charge in [0.1, 0.15) is 12.4 Å². The Labute approximate surface area is 108 Å². The molecule has 0 bridgehead atoms. The molecule has 0 fully saturated rings. The highest BCUT2D eigenvalue weighted by molar-refractivity contribution is 5.33. The predicted octanol–water partition coefficient (Wildman–Crippen LogP) is 3.29. The van der Waals surface area contributed by atoms with Gasteiger partial charge in [0.25, 0.3) is 0 Å². The topological polar surface area (TPSA) is 35.2 Å².